The maximum absolute atomic E-state index is 11.4. The van der Waals surface area contributed by atoms with Gasteiger partial charge in [-0.25, -0.2) is 4.79 Å². The molecule has 0 aliphatic rings. The molecule has 5 nitrogen and oxygen atoms in total. The standard InChI is InChI=1S/C11H16N2O3/c1-8(14)13-6-5-9(7-13)16-10(15)12-11(2,3)4/h5-7H,1-4H3,(H,12,15). The molecule has 0 spiro atoms. The van der Waals surface area contributed by atoms with E-state index in [0.29, 0.717) is 5.75 Å². The molecule has 0 saturated heterocycles. The van der Waals surface area contributed by atoms with Gasteiger partial charge in [0.2, 0.25) is 5.91 Å². The molecule has 88 valence electrons. The van der Waals surface area contributed by atoms with Crippen molar-refractivity contribution in [3.63, 3.8) is 0 Å². The van der Waals surface area contributed by atoms with Crippen LogP contribution in [0.25, 0.3) is 0 Å². The van der Waals surface area contributed by atoms with Crippen LogP contribution in [0, 0.1) is 0 Å². The highest BCUT2D eigenvalue weighted by Crippen LogP contribution is 2.11. The highest BCUT2D eigenvalue weighted by Gasteiger charge is 2.15. The van der Waals surface area contributed by atoms with Crippen molar-refractivity contribution in [3.8, 4) is 5.75 Å². The number of aromatic nitrogens is 1. The molecule has 1 rings (SSSR count). The Labute approximate surface area is 94.4 Å². The molecule has 0 aliphatic carbocycles. The van der Waals surface area contributed by atoms with Crippen LogP contribution in [-0.2, 0) is 0 Å². The van der Waals surface area contributed by atoms with Crippen LogP contribution in [0.15, 0.2) is 18.5 Å². The molecule has 1 amide bonds. The zero-order valence-corrected chi connectivity index (χ0v) is 9.90. The summed E-state index contributed by atoms with van der Waals surface area (Å²) >= 11 is 0. The van der Waals surface area contributed by atoms with Gasteiger partial charge in [-0.3, -0.25) is 9.36 Å². The average Bonchev–Trinajstić information content (AvgIpc) is 2.48. The molecule has 0 aliphatic heterocycles. The van der Waals surface area contributed by atoms with E-state index in [1.54, 1.807) is 12.3 Å². The third-order valence-corrected chi connectivity index (χ3v) is 1.72. The summed E-state index contributed by atoms with van der Waals surface area (Å²) in [7, 11) is 0. The molecule has 1 heterocycles. The fraction of sp³-hybridized carbons (Fsp3) is 0.455. The topological polar surface area (TPSA) is 60.3 Å². The van der Waals surface area contributed by atoms with Crippen LogP contribution in [0.5, 0.6) is 5.75 Å². The summed E-state index contributed by atoms with van der Waals surface area (Å²) in [4.78, 5) is 22.4. The van der Waals surface area contributed by atoms with E-state index in [9.17, 15) is 9.59 Å². The zero-order valence-electron chi connectivity index (χ0n) is 9.90. The van der Waals surface area contributed by atoms with Crippen LogP contribution in [-0.4, -0.2) is 22.1 Å². The molecule has 0 aromatic carbocycles. The molecule has 0 atom stereocenters. The summed E-state index contributed by atoms with van der Waals surface area (Å²) in [5.74, 6) is 0.211. The van der Waals surface area contributed by atoms with Crippen LogP contribution in [0.1, 0.15) is 32.5 Å². The van der Waals surface area contributed by atoms with Crippen molar-refractivity contribution in [1.29, 1.82) is 0 Å². The molecule has 1 aromatic heterocycles. The Morgan fingerprint density at radius 3 is 2.44 bits per heavy atom. The molecule has 0 bridgehead atoms. The first kappa shape index (κ1) is 12.3. The minimum atomic E-state index is -0.534. The molecular weight excluding hydrogens is 208 g/mol. The van der Waals surface area contributed by atoms with Crippen LogP contribution in [0.4, 0.5) is 4.79 Å². The smallest absolute Gasteiger partial charge is 0.409 e. The SMILES string of the molecule is CC(=O)n1ccc(OC(=O)NC(C)(C)C)c1. The molecule has 16 heavy (non-hydrogen) atoms. The van der Waals surface area contributed by atoms with Gasteiger partial charge in [0, 0.05) is 18.7 Å². The van der Waals surface area contributed by atoms with Crippen molar-refractivity contribution >= 4 is 12.0 Å². The number of rotatable bonds is 1. The summed E-state index contributed by atoms with van der Waals surface area (Å²) in [5, 5.41) is 2.65. The van der Waals surface area contributed by atoms with Gasteiger partial charge < -0.3 is 10.1 Å². The molecule has 1 N–H and O–H groups in total. The van der Waals surface area contributed by atoms with E-state index in [1.165, 1.54) is 17.7 Å². The van der Waals surface area contributed by atoms with Crippen LogP contribution in [0.3, 0.4) is 0 Å². The van der Waals surface area contributed by atoms with Gasteiger partial charge in [0.05, 0.1) is 6.20 Å². The van der Waals surface area contributed by atoms with Gasteiger partial charge in [-0.1, -0.05) is 0 Å². The number of hydrogen-bond acceptors (Lipinski definition) is 3. The number of carbonyl (C=O) groups is 2. The number of ether oxygens (including phenoxy) is 1. The lowest BCUT2D eigenvalue weighted by molar-refractivity contribution is 0.0936. The van der Waals surface area contributed by atoms with E-state index in [4.69, 9.17) is 4.74 Å². The maximum Gasteiger partial charge on any atom is 0.413 e. The number of amides is 1. The van der Waals surface area contributed by atoms with Gasteiger partial charge in [-0.2, -0.15) is 0 Å². The number of carbonyl (C=O) groups excluding carboxylic acids is 2. The second-order valence-electron chi connectivity index (χ2n) is 4.54. The third kappa shape index (κ3) is 3.76. The maximum atomic E-state index is 11.4. The Morgan fingerprint density at radius 1 is 1.38 bits per heavy atom. The minimum Gasteiger partial charge on any atom is -0.409 e. The Balaban J connectivity index is 2.60. The van der Waals surface area contributed by atoms with E-state index in [2.05, 4.69) is 5.32 Å². The summed E-state index contributed by atoms with van der Waals surface area (Å²) in [6.45, 7) is 7.00. The monoisotopic (exact) mass is 224 g/mol. The number of nitrogens with one attached hydrogen (secondary N) is 1. The number of hydrogen-bond donors (Lipinski definition) is 1. The Morgan fingerprint density at radius 2 is 2.00 bits per heavy atom. The normalized spacial score (nSPS) is 11.0. The van der Waals surface area contributed by atoms with Gasteiger partial charge in [-0.05, 0) is 26.8 Å². The van der Waals surface area contributed by atoms with Crippen molar-refractivity contribution in [3.05, 3.63) is 18.5 Å². The largest absolute Gasteiger partial charge is 0.413 e. The fourth-order valence-electron chi connectivity index (χ4n) is 1.07. The first-order valence-electron chi connectivity index (χ1n) is 4.97. The molecule has 0 saturated carbocycles. The van der Waals surface area contributed by atoms with Gasteiger partial charge in [0.25, 0.3) is 0 Å². The fourth-order valence-corrected chi connectivity index (χ4v) is 1.07. The highest BCUT2D eigenvalue weighted by molar-refractivity contribution is 5.77. The third-order valence-electron chi connectivity index (χ3n) is 1.72. The molecule has 0 fully saturated rings. The first-order valence-corrected chi connectivity index (χ1v) is 4.97. The van der Waals surface area contributed by atoms with E-state index < -0.39 is 6.09 Å². The lowest BCUT2D eigenvalue weighted by Gasteiger charge is -2.19. The molecular formula is C11H16N2O3. The van der Waals surface area contributed by atoms with Crippen molar-refractivity contribution in [2.24, 2.45) is 0 Å². The Bertz CT molecular complexity index is 402. The second kappa shape index (κ2) is 4.38. The summed E-state index contributed by atoms with van der Waals surface area (Å²) in [6, 6.07) is 1.56. The molecule has 5 heteroatoms. The molecule has 0 unspecified atom stereocenters. The zero-order chi connectivity index (χ0) is 12.3. The predicted octanol–water partition coefficient (Wildman–Crippen LogP) is 2.04. The van der Waals surface area contributed by atoms with E-state index in [1.807, 2.05) is 20.8 Å². The van der Waals surface area contributed by atoms with Crippen molar-refractivity contribution in [1.82, 2.24) is 9.88 Å². The van der Waals surface area contributed by atoms with E-state index in [-0.39, 0.29) is 11.4 Å². The summed E-state index contributed by atoms with van der Waals surface area (Å²) < 4.78 is 6.35. The second-order valence-corrected chi connectivity index (χ2v) is 4.54. The van der Waals surface area contributed by atoms with Crippen LogP contribution in [0.2, 0.25) is 0 Å². The quantitative estimate of drug-likeness (QED) is 0.794. The summed E-state index contributed by atoms with van der Waals surface area (Å²) in [6.07, 6.45) is 2.47. The van der Waals surface area contributed by atoms with Gasteiger partial charge >= 0.3 is 6.09 Å². The highest BCUT2D eigenvalue weighted by atomic mass is 16.6. The van der Waals surface area contributed by atoms with Crippen LogP contribution >= 0.6 is 0 Å². The first-order chi connectivity index (χ1) is 7.28. The summed E-state index contributed by atoms with van der Waals surface area (Å²) in [5.41, 5.74) is -0.347. The predicted molar refractivity (Wildman–Crippen MR) is 59.6 cm³/mol. The molecule has 1 aromatic rings. The van der Waals surface area contributed by atoms with Crippen molar-refractivity contribution < 1.29 is 14.3 Å². The van der Waals surface area contributed by atoms with Crippen molar-refractivity contribution in [2.75, 3.05) is 0 Å². The van der Waals surface area contributed by atoms with Gasteiger partial charge in [-0.15, -0.1) is 0 Å². The van der Waals surface area contributed by atoms with E-state index in [0.717, 1.165) is 0 Å². The van der Waals surface area contributed by atoms with Gasteiger partial charge in [0.15, 0.2) is 5.75 Å². The van der Waals surface area contributed by atoms with Crippen LogP contribution < -0.4 is 10.1 Å². The lowest BCUT2D eigenvalue weighted by Crippen LogP contribution is -2.42. The minimum absolute atomic E-state index is 0.133. The average molecular weight is 224 g/mol. The van der Waals surface area contributed by atoms with Gasteiger partial charge in [0.1, 0.15) is 0 Å². The van der Waals surface area contributed by atoms with Crippen molar-refractivity contribution in [2.45, 2.75) is 33.2 Å². The Hall–Kier alpha value is -1.78. The molecule has 0 radical (unpaired) electrons. The van der Waals surface area contributed by atoms with E-state index >= 15 is 0 Å². The number of nitrogens with zero attached hydrogens (tertiary/aromatic N) is 1. The lowest BCUT2D eigenvalue weighted by atomic mass is 10.1. The Kier molecular flexibility index (Phi) is 3.37.